The first kappa shape index (κ1) is 15.0. The average molecular weight is 389 g/mol. The molecule has 0 amide bonds. The summed E-state index contributed by atoms with van der Waals surface area (Å²) in [5.74, 6) is 0.628. The van der Waals surface area contributed by atoms with E-state index in [-0.39, 0.29) is 5.56 Å². The molecule has 0 fully saturated rings. The highest BCUT2D eigenvalue weighted by molar-refractivity contribution is 9.10. The lowest BCUT2D eigenvalue weighted by Gasteiger charge is -2.09. The lowest BCUT2D eigenvalue weighted by atomic mass is 10.1. The molecule has 4 rings (SSSR count). The summed E-state index contributed by atoms with van der Waals surface area (Å²) in [7, 11) is 0. The third kappa shape index (κ3) is 2.50. The summed E-state index contributed by atoms with van der Waals surface area (Å²) >= 11 is 3.44. The van der Waals surface area contributed by atoms with Crippen LogP contribution in [0.25, 0.3) is 16.4 Å². The fraction of sp³-hybridized carbons (Fsp3) is 0.0588. The predicted octanol–water partition coefficient (Wildman–Crippen LogP) is 5.33. The Morgan fingerprint density at radius 3 is 2.83 bits per heavy atom. The summed E-state index contributed by atoms with van der Waals surface area (Å²) in [6.07, 6.45) is 0.971. The molecule has 0 bridgehead atoms. The van der Waals surface area contributed by atoms with Gasteiger partial charge in [-0.15, -0.1) is 0 Å². The van der Waals surface area contributed by atoms with Gasteiger partial charge in [0.15, 0.2) is 0 Å². The second kappa shape index (κ2) is 5.83. The molecule has 7 heteroatoms. The number of rotatable bonds is 3. The molecule has 3 heterocycles. The molecule has 0 unspecified atom stereocenters. The van der Waals surface area contributed by atoms with E-state index >= 15 is 0 Å². The summed E-state index contributed by atoms with van der Waals surface area (Å²) < 4.78 is 28.3. The molecule has 0 spiro atoms. The quantitative estimate of drug-likeness (QED) is 0.515. The van der Waals surface area contributed by atoms with Crippen LogP contribution in [0.1, 0.15) is 12.0 Å². The van der Waals surface area contributed by atoms with Gasteiger partial charge in [-0.05, 0) is 40.2 Å². The number of halogens is 3. The highest BCUT2D eigenvalue weighted by atomic mass is 79.9. The monoisotopic (exact) mass is 388 g/mol. The van der Waals surface area contributed by atoms with Crippen molar-refractivity contribution < 1.29 is 8.78 Å². The largest absolute Gasteiger partial charge is 0.325 e. The first-order valence-corrected chi connectivity index (χ1v) is 7.99. The number of nitrogens with zero attached hydrogens (tertiary/aromatic N) is 3. The predicted molar refractivity (Wildman–Crippen MR) is 92.9 cm³/mol. The first-order valence-electron chi connectivity index (χ1n) is 7.20. The zero-order valence-corrected chi connectivity index (χ0v) is 13.8. The molecule has 0 atom stereocenters. The van der Waals surface area contributed by atoms with Gasteiger partial charge in [-0.25, -0.2) is 13.8 Å². The van der Waals surface area contributed by atoms with Crippen LogP contribution in [0.15, 0.2) is 59.5 Å². The molecule has 3 aromatic heterocycles. The third-order valence-corrected chi connectivity index (χ3v) is 4.35. The summed E-state index contributed by atoms with van der Waals surface area (Å²) in [6, 6.07) is 12.1. The maximum atomic E-state index is 12.9. The molecule has 1 N–H and O–H groups in total. The van der Waals surface area contributed by atoms with E-state index in [9.17, 15) is 8.78 Å². The molecule has 0 aliphatic heterocycles. The van der Waals surface area contributed by atoms with Crippen molar-refractivity contribution in [1.29, 1.82) is 0 Å². The first-order chi connectivity index (χ1) is 11.6. The summed E-state index contributed by atoms with van der Waals surface area (Å²) in [6.45, 7) is 0. The molecule has 0 saturated heterocycles. The van der Waals surface area contributed by atoms with Crippen LogP contribution in [0.4, 0.5) is 20.4 Å². The second-order valence-corrected chi connectivity index (χ2v) is 5.99. The minimum atomic E-state index is -2.51. The fourth-order valence-corrected chi connectivity index (χ4v) is 3.11. The number of nitrogens with one attached hydrogen (secondary N) is 1. The van der Waals surface area contributed by atoms with Gasteiger partial charge in [0.05, 0.1) is 16.7 Å². The molecule has 4 aromatic rings. The topological polar surface area (TPSA) is 42.2 Å². The van der Waals surface area contributed by atoms with E-state index in [1.807, 2.05) is 28.8 Å². The number of alkyl halides is 2. The fourth-order valence-electron chi connectivity index (χ4n) is 2.62. The lowest BCUT2D eigenvalue weighted by molar-refractivity contribution is 0.151. The van der Waals surface area contributed by atoms with Crippen LogP contribution in [0.5, 0.6) is 0 Å². The number of fused-ring (bicyclic) bond motifs is 2. The molecular formula is C17H11BrF2N4. The highest BCUT2D eigenvalue weighted by Crippen LogP contribution is 2.30. The second-order valence-electron chi connectivity index (χ2n) is 5.24. The van der Waals surface area contributed by atoms with Gasteiger partial charge in [-0.3, -0.25) is 9.38 Å². The normalized spacial score (nSPS) is 11.5. The highest BCUT2D eigenvalue weighted by Gasteiger charge is 2.12. The molecule has 0 aliphatic rings. The number of anilines is 2. The Balaban J connectivity index is 1.82. The van der Waals surface area contributed by atoms with E-state index in [0.29, 0.717) is 11.5 Å². The van der Waals surface area contributed by atoms with Crippen molar-refractivity contribution >= 4 is 44.0 Å². The van der Waals surface area contributed by atoms with Gasteiger partial charge in [-0.2, -0.15) is 0 Å². The van der Waals surface area contributed by atoms with Gasteiger partial charge in [0.1, 0.15) is 4.60 Å². The SMILES string of the molecule is FC(F)c1ccc2c(Nc3nc(Br)c4ccccn34)ccnc2c1. The molecule has 0 radical (unpaired) electrons. The van der Waals surface area contributed by atoms with Crippen molar-refractivity contribution in [1.82, 2.24) is 14.4 Å². The molecule has 24 heavy (non-hydrogen) atoms. The minimum absolute atomic E-state index is 0.0406. The van der Waals surface area contributed by atoms with E-state index in [4.69, 9.17) is 0 Å². The van der Waals surface area contributed by atoms with E-state index in [2.05, 4.69) is 31.2 Å². The average Bonchev–Trinajstić information content (AvgIpc) is 2.91. The van der Waals surface area contributed by atoms with Gasteiger partial charge in [0.2, 0.25) is 5.95 Å². The van der Waals surface area contributed by atoms with Crippen molar-refractivity contribution in [2.24, 2.45) is 0 Å². The van der Waals surface area contributed by atoms with Crippen molar-refractivity contribution in [2.75, 3.05) is 5.32 Å². The van der Waals surface area contributed by atoms with Crippen LogP contribution >= 0.6 is 15.9 Å². The van der Waals surface area contributed by atoms with Gasteiger partial charge in [-0.1, -0.05) is 18.2 Å². The Morgan fingerprint density at radius 2 is 2.00 bits per heavy atom. The maximum Gasteiger partial charge on any atom is 0.263 e. The van der Waals surface area contributed by atoms with Crippen LogP contribution in [-0.4, -0.2) is 14.4 Å². The van der Waals surface area contributed by atoms with E-state index in [1.54, 1.807) is 18.3 Å². The molecule has 1 aromatic carbocycles. The molecule has 120 valence electrons. The Labute approximate surface area is 144 Å². The van der Waals surface area contributed by atoms with Gasteiger partial charge in [0, 0.05) is 23.3 Å². The summed E-state index contributed by atoms with van der Waals surface area (Å²) in [4.78, 5) is 8.65. The van der Waals surface area contributed by atoms with E-state index in [1.165, 1.54) is 12.1 Å². The zero-order valence-electron chi connectivity index (χ0n) is 12.2. The van der Waals surface area contributed by atoms with Gasteiger partial charge >= 0.3 is 0 Å². The smallest absolute Gasteiger partial charge is 0.263 e. The number of hydrogen-bond donors (Lipinski definition) is 1. The van der Waals surface area contributed by atoms with Crippen LogP contribution in [0.3, 0.4) is 0 Å². The van der Waals surface area contributed by atoms with E-state index in [0.717, 1.165) is 21.2 Å². The number of benzene rings is 1. The minimum Gasteiger partial charge on any atom is -0.325 e. The maximum absolute atomic E-state index is 12.9. The molecule has 4 nitrogen and oxygen atoms in total. The standard InChI is InChI=1S/C17H11BrF2N4/c18-15-14-3-1-2-8-24(14)17(23-15)22-12-6-7-21-13-9-10(16(19)20)4-5-11(12)13/h1-9,16H,(H,21,22,23). The Bertz CT molecular complexity index is 1050. The van der Waals surface area contributed by atoms with Crippen LogP contribution in [0, 0.1) is 0 Å². The van der Waals surface area contributed by atoms with Crippen molar-refractivity contribution in [3.05, 3.63) is 65.0 Å². The number of pyridine rings is 2. The third-order valence-electron chi connectivity index (χ3n) is 3.77. The zero-order chi connectivity index (χ0) is 16.7. The van der Waals surface area contributed by atoms with Crippen molar-refractivity contribution in [3.8, 4) is 0 Å². The molecule has 0 saturated carbocycles. The summed E-state index contributed by atoms with van der Waals surface area (Å²) in [5.41, 5.74) is 2.15. The Kier molecular flexibility index (Phi) is 3.65. The van der Waals surface area contributed by atoms with Crippen LogP contribution in [0.2, 0.25) is 0 Å². The van der Waals surface area contributed by atoms with E-state index < -0.39 is 6.43 Å². The van der Waals surface area contributed by atoms with Crippen molar-refractivity contribution in [2.45, 2.75) is 6.43 Å². The lowest BCUT2D eigenvalue weighted by Crippen LogP contribution is -1.98. The van der Waals surface area contributed by atoms with Crippen LogP contribution in [-0.2, 0) is 0 Å². The molecule has 0 aliphatic carbocycles. The number of aromatic nitrogens is 3. The van der Waals surface area contributed by atoms with Gasteiger partial charge < -0.3 is 5.32 Å². The molecular weight excluding hydrogens is 378 g/mol. The van der Waals surface area contributed by atoms with Crippen LogP contribution < -0.4 is 5.32 Å². The Hall–Kier alpha value is -2.54. The van der Waals surface area contributed by atoms with Gasteiger partial charge in [0.25, 0.3) is 6.43 Å². The summed E-state index contributed by atoms with van der Waals surface area (Å²) in [5, 5.41) is 4.01. The van der Waals surface area contributed by atoms with Crippen molar-refractivity contribution in [3.63, 3.8) is 0 Å². The Morgan fingerprint density at radius 1 is 1.12 bits per heavy atom. The number of hydrogen-bond acceptors (Lipinski definition) is 3. The number of imidazole rings is 1.